The van der Waals surface area contributed by atoms with Crippen LogP contribution in [0.5, 0.6) is 5.75 Å². The van der Waals surface area contributed by atoms with E-state index in [0.29, 0.717) is 37.4 Å². The molecule has 0 unspecified atom stereocenters. The number of hydrogen-bond acceptors (Lipinski definition) is 5. The standard InChI is InChI=1S/C15H24N2O5S2/c1-22-15-8-6-14(7-9-15)16-23(18,19)12-4-5-13-24(20,21)17-10-2-3-11-17/h6-9,16H,2-5,10-13H2,1H3. The number of hydrogen-bond donors (Lipinski definition) is 1. The van der Waals surface area contributed by atoms with Gasteiger partial charge in [-0.1, -0.05) is 0 Å². The van der Waals surface area contributed by atoms with Crippen LogP contribution in [0, 0.1) is 0 Å². The Hall–Kier alpha value is -1.32. The maximum atomic E-state index is 12.1. The predicted molar refractivity (Wildman–Crippen MR) is 94.2 cm³/mol. The molecular weight excluding hydrogens is 352 g/mol. The number of sulfonamides is 2. The minimum Gasteiger partial charge on any atom is -0.497 e. The molecule has 1 fully saturated rings. The van der Waals surface area contributed by atoms with Crippen LogP contribution in [-0.2, 0) is 20.0 Å². The Morgan fingerprint density at radius 3 is 2.17 bits per heavy atom. The second kappa shape index (κ2) is 8.17. The highest BCUT2D eigenvalue weighted by Crippen LogP contribution is 2.17. The maximum Gasteiger partial charge on any atom is 0.232 e. The number of rotatable bonds is 9. The first-order valence-corrected chi connectivity index (χ1v) is 11.2. The number of nitrogens with zero attached hydrogens (tertiary/aromatic N) is 1. The third kappa shape index (κ3) is 5.64. The Balaban J connectivity index is 1.77. The van der Waals surface area contributed by atoms with E-state index in [2.05, 4.69) is 4.72 Å². The van der Waals surface area contributed by atoms with Gasteiger partial charge in [0.15, 0.2) is 0 Å². The van der Waals surface area contributed by atoms with Gasteiger partial charge in [-0.05, 0) is 49.9 Å². The van der Waals surface area contributed by atoms with Gasteiger partial charge in [-0.25, -0.2) is 21.1 Å². The molecule has 0 aromatic heterocycles. The molecule has 1 N–H and O–H groups in total. The summed E-state index contributed by atoms with van der Waals surface area (Å²) in [5.41, 5.74) is 0.459. The fourth-order valence-electron chi connectivity index (χ4n) is 2.56. The minimum absolute atomic E-state index is 0.00502. The van der Waals surface area contributed by atoms with Crippen molar-refractivity contribution in [2.75, 3.05) is 36.4 Å². The number of nitrogens with one attached hydrogen (secondary N) is 1. The molecule has 0 radical (unpaired) electrons. The molecule has 0 bridgehead atoms. The second-order valence-electron chi connectivity index (χ2n) is 5.78. The molecule has 1 saturated heterocycles. The molecule has 7 nitrogen and oxygen atoms in total. The fourth-order valence-corrected chi connectivity index (χ4v) is 5.38. The van der Waals surface area contributed by atoms with Crippen molar-refractivity contribution in [2.24, 2.45) is 0 Å². The number of anilines is 1. The topological polar surface area (TPSA) is 92.8 Å². The first-order chi connectivity index (χ1) is 11.3. The molecule has 1 aliphatic rings. The summed E-state index contributed by atoms with van der Waals surface area (Å²) >= 11 is 0. The molecule has 0 spiro atoms. The van der Waals surface area contributed by atoms with Gasteiger partial charge >= 0.3 is 0 Å². The highest BCUT2D eigenvalue weighted by Gasteiger charge is 2.24. The SMILES string of the molecule is COc1ccc(NS(=O)(=O)CCCCS(=O)(=O)N2CCCC2)cc1. The highest BCUT2D eigenvalue weighted by atomic mass is 32.2. The molecular formula is C15H24N2O5S2. The third-order valence-electron chi connectivity index (χ3n) is 3.89. The molecule has 2 rings (SSSR count). The Bertz CT molecular complexity index is 724. The number of unbranched alkanes of at least 4 members (excludes halogenated alkanes) is 1. The summed E-state index contributed by atoms with van der Waals surface area (Å²) in [7, 11) is -5.19. The molecule has 0 aliphatic carbocycles. The largest absolute Gasteiger partial charge is 0.497 e. The molecule has 1 aromatic rings. The van der Waals surface area contributed by atoms with Crippen LogP contribution in [0.4, 0.5) is 5.69 Å². The zero-order chi connectivity index (χ0) is 17.6. The monoisotopic (exact) mass is 376 g/mol. The van der Waals surface area contributed by atoms with Crippen LogP contribution < -0.4 is 9.46 Å². The Morgan fingerprint density at radius 2 is 1.58 bits per heavy atom. The van der Waals surface area contributed by atoms with Crippen molar-refractivity contribution >= 4 is 25.7 Å². The highest BCUT2D eigenvalue weighted by molar-refractivity contribution is 7.92. The number of ether oxygens (including phenoxy) is 1. The van der Waals surface area contributed by atoms with E-state index in [1.807, 2.05) is 0 Å². The zero-order valence-electron chi connectivity index (χ0n) is 13.8. The molecule has 0 saturated carbocycles. The van der Waals surface area contributed by atoms with Crippen LogP contribution in [0.25, 0.3) is 0 Å². The summed E-state index contributed by atoms with van der Waals surface area (Å²) in [6, 6.07) is 6.57. The van der Waals surface area contributed by atoms with Gasteiger partial charge in [0, 0.05) is 18.8 Å². The summed E-state index contributed by atoms with van der Waals surface area (Å²) in [5, 5.41) is 0. The molecule has 1 aromatic carbocycles. The van der Waals surface area contributed by atoms with E-state index in [4.69, 9.17) is 4.74 Å². The van der Waals surface area contributed by atoms with Gasteiger partial charge in [-0.2, -0.15) is 0 Å². The van der Waals surface area contributed by atoms with Gasteiger partial charge in [0.25, 0.3) is 0 Å². The normalized spacial score (nSPS) is 16.2. The summed E-state index contributed by atoms with van der Waals surface area (Å²) < 4.78 is 57.2. The summed E-state index contributed by atoms with van der Waals surface area (Å²) in [5.74, 6) is 0.546. The van der Waals surface area contributed by atoms with E-state index < -0.39 is 20.0 Å². The summed E-state index contributed by atoms with van der Waals surface area (Å²) in [6.07, 6.45) is 2.44. The van der Waals surface area contributed by atoms with Crippen molar-refractivity contribution in [2.45, 2.75) is 25.7 Å². The van der Waals surface area contributed by atoms with Crippen LogP contribution >= 0.6 is 0 Å². The quantitative estimate of drug-likeness (QED) is 0.662. The lowest BCUT2D eigenvalue weighted by Gasteiger charge is -2.15. The molecule has 136 valence electrons. The first-order valence-electron chi connectivity index (χ1n) is 7.95. The van der Waals surface area contributed by atoms with Crippen molar-refractivity contribution in [1.29, 1.82) is 0 Å². The van der Waals surface area contributed by atoms with E-state index in [-0.39, 0.29) is 11.5 Å². The summed E-state index contributed by atoms with van der Waals surface area (Å²) in [4.78, 5) is 0. The third-order valence-corrected chi connectivity index (χ3v) is 7.22. The van der Waals surface area contributed by atoms with E-state index in [9.17, 15) is 16.8 Å². The van der Waals surface area contributed by atoms with E-state index in [1.165, 1.54) is 11.4 Å². The first kappa shape index (κ1) is 19.0. The molecule has 0 amide bonds. The lowest BCUT2D eigenvalue weighted by Crippen LogP contribution is -2.30. The second-order valence-corrected chi connectivity index (χ2v) is 9.71. The lowest BCUT2D eigenvalue weighted by molar-refractivity contribution is 0.415. The van der Waals surface area contributed by atoms with Gasteiger partial charge in [0.05, 0.1) is 18.6 Å². The molecule has 9 heteroatoms. The van der Waals surface area contributed by atoms with Gasteiger partial charge in [0.1, 0.15) is 5.75 Å². The van der Waals surface area contributed by atoms with Gasteiger partial charge in [-0.3, -0.25) is 4.72 Å². The van der Waals surface area contributed by atoms with Gasteiger partial charge in [0.2, 0.25) is 20.0 Å². The number of benzene rings is 1. The minimum atomic E-state index is -3.49. The Labute approximate surface area is 144 Å². The maximum absolute atomic E-state index is 12.1. The smallest absolute Gasteiger partial charge is 0.232 e. The molecule has 1 aliphatic heterocycles. The van der Waals surface area contributed by atoms with Gasteiger partial charge < -0.3 is 4.74 Å². The van der Waals surface area contributed by atoms with Crippen molar-refractivity contribution in [3.63, 3.8) is 0 Å². The average molecular weight is 377 g/mol. The lowest BCUT2D eigenvalue weighted by atomic mass is 10.3. The van der Waals surface area contributed by atoms with Crippen molar-refractivity contribution in [3.05, 3.63) is 24.3 Å². The number of methoxy groups -OCH3 is 1. The van der Waals surface area contributed by atoms with Crippen LogP contribution in [0.1, 0.15) is 25.7 Å². The van der Waals surface area contributed by atoms with Crippen molar-refractivity contribution < 1.29 is 21.6 Å². The van der Waals surface area contributed by atoms with Crippen LogP contribution in [-0.4, -0.2) is 52.8 Å². The van der Waals surface area contributed by atoms with E-state index in [0.717, 1.165) is 12.8 Å². The van der Waals surface area contributed by atoms with Crippen molar-refractivity contribution in [1.82, 2.24) is 4.31 Å². The van der Waals surface area contributed by atoms with E-state index in [1.54, 1.807) is 24.3 Å². The Kier molecular flexibility index (Phi) is 6.47. The predicted octanol–water partition coefficient (Wildman–Crippen LogP) is 1.64. The van der Waals surface area contributed by atoms with E-state index >= 15 is 0 Å². The Morgan fingerprint density at radius 1 is 1.00 bits per heavy atom. The van der Waals surface area contributed by atoms with Crippen LogP contribution in [0.2, 0.25) is 0 Å². The molecule has 1 heterocycles. The average Bonchev–Trinajstić information content (AvgIpc) is 3.07. The van der Waals surface area contributed by atoms with Crippen molar-refractivity contribution in [3.8, 4) is 5.75 Å². The van der Waals surface area contributed by atoms with Crippen LogP contribution in [0.15, 0.2) is 24.3 Å². The van der Waals surface area contributed by atoms with Crippen LogP contribution in [0.3, 0.4) is 0 Å². The molecule has 0 atom stereocenters. The zero-order valence-corrected chi connectivity index (χ0v) is 15.4. The fraction of sp³-hybridized carbons (Fsp3) is 0.600. The summed E-state index contributed by atoms with van der Waals surface area (Å²) in [6.45, 7) is 1.17. The molecule has 24 heavy (non-hydrogen) atoms. The van der Waals surface area contributed by atoms with Gasteiger partial charge in [-0.15, -0.1) is 0 Å².